The number of thioether (sulfide) groups is 1. The molecule has 0 atom stereocenters. The van der Waals surface area contributed by atoms with E-state index in [0.29, 0.717) is 12.4 Å². The van der Waals surface area contributed by atoms with Crippen molar-refractivity contribution in [3.8, 4) is 0 Å². The topological polar surface area (TPSA) is 78.2 Å². The fourth-order valence-corrected chi connectivity index (χ4v) is 1.85. The Morgan fingerprint density at radius 1 is 1.73 bits per heavy atom. The van der Waals surface area contributed by atoms with Gasteiger partial charge in [0.05, 0.1) is 11.5 Å². The molecule has 0 saturated heterocycles. The number of methoxy groups -OCH3 is 1. The Morgan fingerprint density at radius 2 is 2.47 bits per heavy atom. The lowest BCUT2D eigenvalue weighted by Crippen LogP contribution is -1.98. The Kier molecular flexibility index (Phi) is 4.73. The van der Waals surface area contributed by atoms with Crippen molar-refractivity contribution in [1.29, 1.82) is 0 Å². The molecular formula is C7H8ClN3O3S. The highest BCUT2D eigenvalue weighted by molar-refractivity contribution is 7.99. The Balaban J connectivity index is 2.82. The van der Waals surface area contributed by atoms with Gasteiger partial charge in [-0.1, -0.05) is 11.8 Å². The molecule has 0 radical (unpaired) electrons. The highest BCUT2D eigenvalue weighted by atomic mass is 35.5. The van der Waals surface area contributed by atoms with E-state index in [4.69, 9.17) is 16.3 Å². The van der Waals surface area contributed by atoms with E-state index in [1.807, 2.05) is 0 Å². The summed E-state index contributed by atoms with van der Waals surface area (Å²) in [6.45, 7) is 0.490. The van der Waals surface area contributed by atoms with Crippen LogP contribution in [0.25, 0.3) is 0 Å². The van der Waals surface area contributed by atoms with Gasteiger partial charge in [0, 0.05) is 12.9 Å². The summed E-state index contributed by atoms with van der Waals surface area (Å²) in [4.78, 5) is 17.4. The molecule has 0 spiro atoms. The van der Waals surface area contributed by atoms with Crippen LogP contribution in [0, 0.1) is 10.1 Å². The van der Waals surface area contributed by atoms with E-state index in [1.165, 1.54) is 11.8 Å². The third-order valence-corrected chi connectivity index (χ3v) is 2.56. The third kappa shape index (κ3) is 3.61. The van der Waals surface area contributed by atoms with E-state index in [9.17, 15) is 10.1 Å². The van der Waals surface area contributed by atoms with Crippen LogP contribution in [0.2, 0.25) is 5.28 Å². The molecule has 1 aromatic heterocycles. The van der Waals surface area contributed by atoms with Crippen LogP contribution in [-0.4, -0.2) is 34.4 Å². The minimum atomic E-state index is -0.536. The minimum absolute atomic E-state index is 0.000479. The van der Waals surface area contributed by atoms with Crippen LogP contribution in [0.4, 0.5) is 5.69 Å². The van der Waals surface area contributed by atoms with Gasteiger partial charge >= 0.3 is 5.69 Å². The maximum atomic E-state index is 10.6. The standard InChI is InChI=1S/C7H8ClN3O3S/c1-14-2-3-15-6-5(11(12)13)4-9-7(8)10-6/h4H,2-3H2,1H3. The average molecular weight is 250 g/mol. The Labute approximate surface area is 95.2 Å². The zero-order valence-electron chi connectivity index (χ0n) is 7.84. The summed E-state index contributed by atoms with van der Waals surface area (Å²) in [5, 5.41) is 10.9. The molecule has 0 aliphatic heterocycles. The molecule has 0 aromatic carbocycles. The van der Waals surface area contributed by atoms with Gasteiger partial charge in [0.1, 0.15) is 6.20 Å². The van der Waals surface area contributed by atoms with E-state index in [0.717, 1.165) is 6.20 Å². The number of nitro groups is 1. The Bertz CT molecular complexity index is 363. The summed E-state index contributed by atoms with van der Waals surface area (Å²) in [7, 11) is 1.56. The van der Waals surface area contributed by atoms with E-state index in [-0.39, 0.29) is 16.0 Å². The number of rotatable bonds is 5. The first-order valence-electron chi connectivity index (χ1n) is 3.94. The molecule has 8 heteroatoms. The molecule has 15 heavy (non-hydrogen) atoms. The van der Waals surface area contributed by atoms with Crippen LogP contribution >= 0.6 is 23.4 Å². The number of aromatic nitrogens is 2. The summed E-state index contributed by atoms with van der Waals surface area (Å²) in [5.41, 5.74) is -0.138. The lowest BCUT2D eigenvalue weighted by molar-refractivity contribution is -0.388. The first-order chi connectivity index (χ1) is 7.15. The number of ether oxygens (including phenoxy) is 1. The zero-order chi connectivity index (χ0) is 11.3. The fourth-order valence-electron chi connectivity index (χ4n) is 0.793. The van der Waals surface area contributed by atoms with Crippen molar-refractivity contribution < 1.29 is 9.66 Å². The van der Waals surface area contributed by atoms with Crippen molar-refractivity contribution in [3.05, 3.63) is 21.6 Å². The van der Waals surface area contributed by atoms with Crippen LogP contribution < -0.4 is 0 Å². The molecule has 0 bridgehead atoms. The van der Waals surface area contributed by atoms with Crippen LogP contribution in [0.1, 0.15) is 0 Å². The molecule has 82 valence electrons. The Hall–Kier alpha value is -0.920. The van der Waals surface area contributed by atoms with E-state index < -0.39 is 4.92 Å². The Morgan fingerprint density at radius 3 is 3.07 bits per heavy atom. The minimum Gasteiger partial charge on any atom is -0.384 e. The number of hydrogen-bond acceptors (Lipinski definition) is 6. The third-order valence-electron chi connectivity index (χ3n) is 1.43. The molecule has 0 aliphatic carbocycles. The second-order valence-corrected chi connectivity index (χ2v) is 3.85. The van der Waals surface area contributed by atoms with Gasteiger partial charge in [-0.05, 0) is 11.6 Å². The van der Waals surface area contributed by atoms with Crippen LogP contribution in [0.15, 0.2) is 11.2 Å². The van der Waals surface area contributed by atoms with Gasteiger partial charge in [0.25, 0.3) is 0 Å². The summed E-state index contributed by atoms with van der Waals surface area (Å²) >= 11 is 6.76. The SMILES string of the molecule is COCCSc1nc(Cl)ncc1[N+](=O)[O-]. The number of nitrogens with zero attached hydrogens (tertiary/aromatic N) is 3. The first-order valence-corrected chi connectivity index (χ1v) is 5.30. The van der Waals surface area contributed by atoms with E-state index in [2.05, 4.69) is 9.97 Å². The second kappa shape index (κ2) is 5.84. The largest absolute Gasteiger partial charge is 0.384 e. The summed E-state index contributed by atoms with van der Waals surface area (Å²) in [6, 6.07) is 0. The van der Waals surface area contributed by atoms with Crippen molar-refractivity contribution >= 4 is 29.1 Å². The van der Waals surface area contributed by atoms with Crippen molar-refractivity contribution in [3.63, 3.8) is 0 Å². The van der Waals surface area contributed by atoms with Gasteiger partial charge in [-0.15, -0.1) is 0 Å². The molecular weight excluding hydrogens is 242 g/mol. The fraction of sp³-hybridized carbons (Fsp3) is 0.429. The second-order valence-electron chi connectivity index (χ2n) is 2.43. The monoisotopic (exact) mass is 249 g/mol. The van der Waals surface area contributed by atoms with Gasteiger partial charge in [-0.3, -0.25) is 10.1 Å². The highest BCUT2D eigenvalue weighted by Gasteiger charge is 2.16. The maximum absolute atomic E-state index is 10.6. The van der Waals surface area contributed by atoms with Crippen molar-refractivity contribution in [2.24, 2.45) is 0 Å². The molecule has 0 fully saturated rings. The van der Waals surface area contributed by atoms with Crippen molar-refractivity contribution in [2.45, 2.75) is 5.03 Å². The van der Waals surface area contributed by atoms with Gasteiger partial charge in [0.2, 0.25) is 5.28 Å². The molecule has 0 amide bonds. The smallest absolute Gasteiger partial charge is 0.319 e. The molecule has 6 nitrogen and oxygen atoms in total. The van der Waals surface area contributed by atoms with Crippen LogP contribution in [0.3, 0.4) is 0 Å². The molecule has 0 N–H and O–H groups in total. The summed E-state index contributed by atoms with van der Waals surface area (Å²) in [5.74, 6) is 0.574. The molecule has 1 rings (SSSR count). The van der Waals surface area contributed by atoms with Gasteiger partial charge < -0.3 is 4.74 Å². The highest BCUT2D eigenvalue weighted by Crippen LogP contribution is 2.26. The predicted molar refractivity (Wildman–Crippen MR) is 56.3 cm³/mol. The lowest BCUT2D eigenvalue weighted by Gasteiger charge is -2.01. The van der Waals surface area contributed by atoms with Crippen molar-refractivity contribution in [1.82, 2.24) is 9.97 Å². The summed E-state index contributed by atoms with van der Waals surface area (Å²) in [6.07, 6.45) is 1.10. The van der Waals surface area contributed by atoms with Gasteiger partial charge in [-0.25, -0.2) is 9.97 Å². The molecule has 1 heterocycles. The van der Waals surface area contributed by atoms with Gasteiger partial charge in [-0.2, -0.15) is 0 Å². The molecule has 1 aromatic rings. The van der Waals surface area contributed by atoms with Gasteiger partial charge in [0.15, 0.2) is 5.03 Å². The normalized spacial score (nSPS) is 10.3. The maximum Gasteiger partial charge on any atom is 0.319 e. The predicted octanol–water partition coefficient (Wildman–Crippen LogP) is 1.78. The molecule has 0 saturated carbocycles. The first kappa shape index (κ1) is 12.2. The average Bonchev–Trinajstić information content (AvgIpc) is 2.18. The number of hydrogen-bond donors (Lipinski definition) is 0. The number of halogens is 1. The molecule has 0 unspecified atom stereocenters. The van der Waals surface area contributed by atoms with Crippen LogP contribution in [0.5, 0.6) is 0 Å². The lowest BCUT2D eigenvalue weighted by atomic mass is 10.6. The van der Waals surface area contributed by atoms with E-state index >= 15 is 0 Å². The summed E-state index contributed by atoms with van der Waals surface area (Å²) < 4.78 is 4.83. The zero-order valence-corrected chi connectivity index (χ0v) is 9.42. The molecule has 0 aliphatic rings. The van der Waals surface area contributed by atoms with Crippen LogP contribution in [-0.2, 0) is 4.74 Å². The van der Waals surface area contributed by atoms with Crippen molar-refractivity contribution in [2.75, 3.05) is 19.5 Å². The quantitative estimate of drug-likeness (QED) is 0.198. The van der Waals surface area contributed by atoms with E-state index in [1.54, 1.807) is 7.11 Å².